The number of amides is 1. The average Bonchev–Trinajstić information content (AvgIpc) is 3.12. The highest BCUT2D eigenvalue weighted by Gasteiger charge is 2.29. The number of aromatic amines is 1. The van der Waals surface area contributed by atoms with Gasteiger partial charge in [-0.1, -0.05) is 0 Å². The van der Waals surface area contributed by atoms with Gasteiger partial charge in [-0.3, -0.25) is 4.79 Å². The van der Waals surface area contributed by atoms with Gasteiger partial charge in [0.05, 0.1) is 6.04 Å². The average molecular weight is 314 g/mol. The van der Waals surface area contributed by atoms with Crippen molar-refractivity contribution >= 4 is 28.1 Å². The molecule has 0 aliphatic carbocycles. The van der Waals surface area contributed by atoms with Crippen molar-refractivity contribution in [2.24, 2.45) is 0 Å². The second-order valence-corrected chi connectivity index (χ2v) is 6.64. The number of nitrogens with one attached hydrogen (secondary N) is 1. The van der Waals surface area contributed by atoms with E-state index in [1.165, 1.54) is 22.6 Å². The van der Waals surface area contributed by atoms with Gasteiger partial charge in [0.1, 0.15) is 11.5 Å². The Labute approximate surface area is 131 Å². The maximum absolute atomic E-state index is 13.3. The zero-order valence-electron chi connectivity index (χ0n) is 12.1. The fraction of sp³-hybridized carbons (Fsp3) is 0.235. The lowest BCUT2D eigenvalue weighted by Gasteiger charge is -2.33. The Balaban J connectivity index is 1.68. The molecule has 1 aliphatic heterocycles. The van der Waals surface area contributed by atoms with Crippen molar-refractivity contribution < 1.29 is 9.18 Å². The third-order valence-corrected chi connectivity index (χ3v) is 5.35. The molecule has 0 fully saturated rings. The van der Waals surface area contributed by atoms with Gasteiger partial charge in [-0.15, -0.1) is 11.3 Å². The van der Waals surface area contributed by atoms with Crippen LogP contribution >= 0.6 is 11.3 Å². The van der Waals surface area contributed by atoms with Crippen LogP contribution in [0.2, 0.25) is 0 Å². The highest BCUT2D eigenvalue weighted by molar-refractivity contribution is 7.10. The van der Waals surface area contributed by atoms with Crippen LogP contribution < -0.4 is 0 Å². The maximum atomic E-state index is 13.3. The van der Waals surface area contributed by atoms with E-state index >= 15 is 0 Å². The smallest absolute Gasteiger partial charge is 0.270 e. The molecule has 1 aromatic carbocycles. The Hall–Kier alpha value is -2.14. The monoisotopic (exact) mass is 314 g/mol. The molecule has 0 saturated carbocycles. The summed E-state index contributed by atoms with van der Waals surface area (Å²) in [5, 5.41) is 2.81. The molecule has 1 aliphatic rings. The second kappa shape index (κ2) is 4.95. The van der Waals surface area contributed by atoms with Crippen molar-refractivity contribution in [3.63, 3.8) is 0 Å². The van der Waals surface area contributed by atoms with Gasteiger partial charge in [-0.2, -0.15) is 0 Å². The quantitative estimate of drug-likeness (QED) is 0.720. The topological polar surface area (TPSA) is 36.1 Å². The van der Waals surface area contributed by atoms with Crippen LogP contribution in [0.4, 0.5) is 4.39 Å². The van der Waals surface area contributed by atoms with Crippen LogP contribution in [0.3, 0.4) is 0 Å². The normalized spacial score (nSPS) is 17.7. The molecule has 0 radical (unpaired) electrons. The first-order valence-corrected chi connectivity index (χ1v) is 8.17. The van der Waals surface area contributed by atoms with Gasteiger partial charge in [0.15, 0.2) is 0 Å². The molecule has 3 aromatic rings. The third-order valence-electron chi connectivity index (χ3n) is 4.35. The number of carbonyl (C=O) groups excluding carboxylic acids is 1. The van der Waals surface area contributed by atoms with Crippen LogP contribution in [0.15, 0.2) is 35.7 Å². The molecule has 0 unspecified atom stereocenters. The van der Waals surface area contributed by atoms with Crippen LogP contribution in [0.25, 0.3) is 10.9 Å². The predicted molar refractivity (Wildman–Crippen MR) is 85.7 cm³/mol. The summed E-state index contributed by atoms with van der Waals surface area (Å²) in [6.07, 6.45) is 0.901. The van der Waals surface area contributed by atoms with Crippen molar-refractivity contribution in [1.82, 2.24) is 9.88 Å². The summed E-state index contributed by atoms with van der Waals surface area (Å²) in [6, 6.07) is 8.41. The summed E-state index contributed by atoms with van der Waals surface area (Å²) in [4.78, 5) is 19.2. The minimum absolute atomic E-state index is 0.0269. The highest BCUT2D eigenvalue weighted by Crippen LogP contribution is 2.33. The second-order valence-electron chi connectivity index (χ2n) is 5.64. The SMILES string of the molecule is C[C@@H]1c2ccsc2CCN1C(=O)c1cc2cc(F)ccc2[nH]1. The molecule has 0 saturated heterocycles. The molecule has 1 atom stereocenters. The van der Waals surface area contributed by atoms with Gasteiger partial charge in [0.2, 0.25) is 0 Å². The van der Waals surface area contributed by atoms with E-state index in [4.69, 9.17) is 0 Å². The van der Waals surface area contributed by atoms with Gasteiger partial charge in [0, 0.05) is 22.3 Å². The Kier molecular flexibility index (Phi) is 3.04. The number of carbonyl (C=O) groups is 1. The lowest BCUT2D eigenvalue weighted by Crippen LogP contribution is -2.38. The Morgan fingerprint density at radius 3 is 3.09 bits per heavy atom. The van der Waals surface area contributed by atoms with E-state index in [0.29, 0.717) is 5.69 Å². The molecule has 1 amide bonds. The standard InChI is InChI=1S/C17H15FN2OS/c1-10-13-5-7-22-16(13)4-6-20(10)17(21)15-9-11-8-12(18)2-3-14(11)19-15/h2-3,5,7-10,19H,4,6H2,1H3/t10-/m1/s1. The number of H-pyrrole nitrogens is 1. The van der Waals surface area contributed by atoms with E-state index in [1.807, 2.05) is 4.90 Å². The number of rotatable bonds is 1. The molecule has 112 valence electrons. The van der Waals surface area contributed by atoms with Crippen molar-refractivity contribution in [3.05, 3.63) is 57.7 Å². The van der Waals surface area contributed by atoms with Crippen molar-refractivity contribution in [1.29, 1.82) is 0 Å². The van der Waals surface area contributed by atoms with E-state index in [2.05, 4.69) is 23.4 Å². The van der Waals surface area contributed by atoms with Crippen LogP contribution in [0, 0.1) is 5.82 Å². The number of hydrogen-bond acceptors (Lipinski definition) is 2. The number of thiophene rings is 1. The number of hydrogen-bond donors (Lipinski definition) is 1. The van der Waals surface area contributed by atoms with Crippen LogP contribution in [-0.4, -0.2) is 22.3 Å². The molecular weight excluding hydrogens is 299 g/mol. The first kappa shape index (κ1) is 13.5. The summed E-state index contributed by atoms with van der Waals surface area (Å²) in [7, 11) is 0. The summed E-state index contributed by atoms with van der Waals surface area (Å²) in [6.45, 7) is 2.78. The van der Waals surface area contributed by atoms with E-state index in [9.17, 15) is 9.18 Å². The fourth-order valence-corrected chi connectivity index (χ4v) is 4.12. The number of fused-ring (bicyclic) bond motifs is 2. The fourth-order valence-electron chi connectivity index (χ4n) is 3.16. The first-order chi connectivity index (χ1) is 10.6. The summed E-state index contributed by atoms with van der Waals surface area (Å²) < 4.78 is 13.3. The van der Waals surface area contributed by atoms with Crippen molar-refractivity contribution in [2.75, 3.05) is 6.54 Å². The van der Waals surface area contributed by atoms with Crippen LogP contribution in [0.1, 0.15) is 33.9 Å². The number of aromatic nitrogens is 1. The zero-order chi connectivity index (χ0) is 15.3. The van der Waals surface area contributed by atoms with Gasteiger partial charge >= 0.3 is 0 Å². The minimum Gasteiger partial charge on any atom is -0.351 e. The zero-order valence-corrected chi connectivity index (χ0v) is 12.9. The largest absolute Gasteiger partial charge is 0.351 e. The maximum Gasteiger partial charge on any atom is 0.270 e. The van der Waals surface area contributed by atoms with Gasteiger partial charge in [0.25, 0.3) is 5.91 Å². The number of halogens is 1. The van der Waals surface area contributed by atoms with Gasteiger partial charge in [-0.05, 0) is 54.6 Å². The molecule has 0 bridgehead atoms. The predicted octanol–water partition coefficient (Wildman–Crippen LogP) is 4.13. The highest BCUT2D eigenvalue weighted by atomic mass is 32.1. The minimum atomic E-state index is -0.292. The molecule has 22 heavy (non-hydrogen) atoms. The van der Waals surface area contributed by atoms with E-state index in [-0.39, 0.29) is 17.8 Å². The summed E-state index contributed by atoms with van der Waals surface area (Å²) >= 11 is 1.76. The number of nitrogens with zero attached hydrogens (tertiary/aromatic N) is 1. The Bertz CT molecular complexity index is 867. The molecule has 2 aromatic heterocycles. The summed E-state index contributed by atoms with van der Waals surface area (Å²) in [5.74, 6) is -0.319. The van der Waals surface area contributed by atoms with Gasteiger partial charge < -0.3 is 9.88 Å². The third kappa shape index (κ3) is 2.04. The number of benzene rings is 1. The molecular formula is C17H15FN2OS. The van der Waals surface area contributed by atoms with Crippen molar-refractivity contribution in [3.8, 4) is 0 Å². The molecule has 0 spiro atoms. The Morgan fingerprint density at radius 2 is 2.23 bits per heavy atom. The van der Waals surface area contributed by atoms with E-state index < -0.39 is 0 Å². The molecule has 1 N–H and O–H groups in total. The van der Waals surface area contributed by atoms with Crippen LogP contribution in [0.5, 0.6) is 0 Å². The first-order valence-electron chi connectivity index (χ1n) is 7.29. The Morgan fingerprint density at radius 1 is 1.36 bits per heavy atom. The molecule has 5 heteroatoms. The molecule has 4 rings (SSSR count). The van der Waals surface area contributed by atoms with Gasteiger partial charge in [-0.25, -0.2) is 4.39 Å². The summed E-state index contributed by atoms with van der Waals surface area (Å²) in [5.41, 5.74) is 2.54. The van der Waals surface area contributed by atoms with Crippen molar-refractivity contribution in [2.45, 2.75) is 19.4 Å². The lowest BCUT2D eigenvalue weighted by atomic mass is 10.0. The van der Waals surface area contributed by atoms with Crippen LogP contribution in [-0.2, 0) is 6.42 Å². The lowest BCUT2D eigenvalue weighted by molar-refractivity contribution is 0.0674. The van der Waals surface area contributed by atoms with E-state index in [1.54, 1.807) is 23.5 Å². The van der Waals surface area contributed by atoms with E-state index in [0.717, 1.165) is 23.9 Å². The molecule has 3 nitrogen and oxygen atoms in total. The molecule has 3 heterocycles.